The summed E-state index contributed by atoms with van der Waals surface area (Å²) in [4.78, 5) is 13.5. The molecule has 1 amide bonds. The minimum absolute atomic E-state index is 0.167. The first-order valence-electron chi connectivity index (χ1n) is 8.80. The fourth-order valence-electron chi connectivity index (χ4n) is 2.82. The van der Waals surface area contributed by atoms with Crippen molar-refractivity contribution in [1.82, 2.24) is 4.90 Å². The zero-order valence-electron chi connectivity index (χ0n) is 13.9. The summed E-state index contributed by atoms with van der Waals surface area (Å²) in [6.07, 6.45) is 11.5. The number of rotatable bonds is 13. The van der Waals surface area contributed by atoms with Crippen molar-refractivity contribution in [3.8, 4) is 0 Å². The number of amides is 1. The Morgan fingerprint density at radius 3 is 2.43 bits per heavy atom. The normalized spacial score (nSPS) is 18.3. The minimum Gasteiger partial charge on any atom is -0.447 e. The van der Waals surface area contributed by atoms with E-state index in [1.807, 2.05) is 11.8 Å². The van der Waals surface area contributed by atoms with E-state index in [2.05, 4.69) is 6.92 Å². The second-order valence-corrected chi connectivity index (χ2v) is 5.88. The molecule has 0 aliphatic carbocycles. The van der Waals surface area contributed by atoms with E-state index in [-0.39, 0.29) is 12.1 Å². The quantitative estimate of drug-likeness (QED) is 0.474. The van der Waals surface area contributed by atoms with Crippen LogP contribution in [-0.4, -0.2) is 43.4 Å². The van der Waals surface area contributed by atoms with Gasteiger partial charge in [-0.05, 0) is 13.3 Å². The summed E-state index contributed by atoms with van der Waals surface area (Å²) in [5.41, 5.74) is 0. The van der Waals surface area contributed by atoms with Gasteiger partial charge in [0, 0.05) is 13.2 Å². The molecule has 0 N–H and O–H groups in total. The molecule has 0 aromatic carbocycles. The van der Waals surface area contributed by atoms with E-state index in [1.165, 1.54) is 51.4 Å². The van der Waals surface area contributed by atoms with Crippen LogP contribution >= 0.6 is 0 Å². The third-order valence-electron chi connectivity index (χ3n) is 4.15. The average Bonchev–Trinajstić information content (AvgIpc) is 2.83. The van der Waals surface area contributed by atoms with Crippen molar-refractivity contribution in [3.63, 3.8) is 0 Å². The zero-order chi connectivity index (χ0) is 15.3. The van der Waals surface area contributed by atoms with Gasteiger partial charge >= 0.3 is 6.09 Å². The maximum absolute atomic E-state index is 11.7. The van der Waals surface area contributed by atoms with Gasteiger partial charge in [0.2, 0.25) is 0 Å². The molecule has 1 rings (SSSR count). The molecule has 1 unspecified atom stereocenters. The highest BCUT2D eigenvalue weighted by Gasteiger charge is 2.31. The Balaban J connectivity index is 2.05. The van der Waals surface area contributed by atoms with Gasteiger partial charge in [-0.15, -0.1) is 0 Å². The summed E-state index contributed by atoms with van der Waals surface area (Å²) in [7, 11) is 0. The van der Waals surface area contributed by atoms with Gasteiger partial charge in [0.25, 0.3) is 0 Å². The van der Waals surface area contributed by atoms with E-state index in [1.54, 1.807) is 0 Å². The number of carbonyl (C=O) groups is 1. The lowest BCUT2D eigenvalue weighted by Gasteiger charge is -2.21. The van der Waals surface area contributed by atoms with E-state index in [0.717, 1.165) is 6.42 Å². The Labute approximate surface area is 130 Å². The number of nitrogens with zero attached hydrogens (tertiary/aromatic N) is 1. The molecule has 21 heavy (non-hydrogen) atoms. The number of ether oxygens (including phenoxy) is 2. The van der Waals surface area contributed by atoms with Crippen molar-refractivity contribution in [2.75, 3.05) is 26.4 Å². The molecule has 1 fully saturated rings. The lowest BCUT2D eigenvalue weighted by atomic mass is 10.0. The molecule has 4 heteroatoms. The highest BCUT2D eigenvalue weighted by Crippen LogP contribution is 2.18. The van der Waals surface area contributed by atoms with Gasteiger partial charge < -0.3 is 9.47 Å². The molecule has 0 aromatic rings. The van der Waals surface area contributed by atoms with Gasteiger partial charge in [-0.1, -0.05) is 58.3 Å². The van der Waals surface area contributed by atoms with Crippen LogP contribution in [0.5, 0.6) is 0 Å². The Hall–Kier alpha value is -0.770. The number of carbonyl (C=O) groups excluding carboxylic acids is 1. The Bertz CT molecular complexity index is 271. The van der Waals surface area contributed by atoms with E-state index in [9.17, 15) is 4.79 Å². The van der Waals surface area contributed by atoms with Crippen LogP contribution in [0, 0.1) is 0 Å². The number of cyclic esters (lactones) is 1. The van der Waals surface area contributed by atoms with Crippen LogP contribution in [0.1, 0.15) is 71.6 Å². The molecule has 0 aromatic heterocycles. The van der Waals surface area contributed by atoms with Gasteiger partial charge in [0.1, 0.15) is 6.61 Å². The monoisotopic (exact) mass is 299 g/mol. The topological polar surface area (TPSA) is 38.8 Å². The lowest BCUT2D eigenvalue weighted by Crippen LogP contribution is -2.36. The maximum Gasteiger partial charge on any atom is 0.410 e. The molecule has 0 spiro atoms. The van der Waals surface area contributed by atoms with E-state index in [4.69, 9.17) is 9.47 Å². The van der Waals surface area contributed by atoms with Crippen LogP contribution in [0.3, 0.4) is 0 Å². The first-order valence-corrected chi connectivity index (χ1v) is 8.80. The third-order valence-corrected chi connectivity index (χ3v) is 4.15. The van der Waals surface area contributed by atoms with E-state index >= 15 is 0 Å². The molecule has 1 aliphatic heterocycles. The summed E-state index contributed by atoms with van der Waals surface area (Å²) in [6.45, 7) is 6.75. The van der Waals surface area contributed by atoms with Crippen LogP contribution < -0.4 is 0 Å². The smallest absolute Gasteiger partial charge is 0.410 e. The van der Waals surface area contributed by atoms with Gasteiger partial charge in [-0.3, -0.25) is 4.90 Å². The van der Waals surface area contributed by atoms with Crippen molar-refractivity contribution in [2.24, 2.45) is 0 Å². The van der Waals surface area contributed by atoms with Crippen molar-refractivity contribution in [3.05, 3.63) is 0 Å². The standard InChI is InChI=1S/C17H33NO3/c1-3-5-6-7-8-9-10-11-12-16-15-21-17(19)18(16)13-14-20-4-2/h16H,3-15H2,1-2H3. The fraction of sp³-hybridized carbons (Fsp3) is 0.941. The molecular weight excluding hydrogens is 266 g/mol. The first kappa shape index (κ1) is 18.3. The number of hydrogen-bond acceptors (Lipinski definition) is 3. The van der Waals surface area contributed by atoms with Crippen LogP contribution in [0.2, 0.25) is 0 Å². The second-order valence-electron chi connectivity index (χ2n) is 5.88. The SMILES string of the molecule is CCCCCCCCCCC1COC(=O)N1CCOCC. The lowest BCUT2D eigenvalue weighted by molar-refractivity contribution is 0.110. The fourth-order valence-corrected chi connectivity index (χ4v) is 2.82. The minimum atomic E-state index is -0.167. The molecule has 0 saturated carbocycles. The highest BCUT2D eigenvalue weighted by molar-refractivity contribution is 5.70. The Kier molecular flexibility index (Phi) is 10.3. The predicted molar refractivity (Wildman–Crippen MR) is 85.6 cm³/mol. The van der Waals surface area contributed by atoms with Gasteiger partial charge in [-0.25, -0.2) is 4.79 Å². The summed E-state index contributed by atoms with van der Waals surface area (Å²) in [5, 5.41) is 0. The average molecular weight is 299 g/mol. The molecular formula is C17H33NO3. The summed E-state index contributed by atoms with van der Waals surface area (Å²) < 4.78 is 10.5. The molecule has 0 bridgehead atoms. The Morgan fingerprint density at radius 1 is 1.10 bits per heavy atom. The number of unbranched alkanes of at least 4 members (excludes halogenated alkanes) is 7. The van der Waals surface area contributed by atoms with Crippen molar-refractivity contribution in [1.29, 1.82) is 0 Å². The molecule has 4 nitrogen and oxygen atoms in total. The summed E-state index contributed by atoms with van der Waals surface area (Å²) >= 11 is 0. The molecule has 0 radical (unpaired) electrons. The molecule has 1 saturated heterocycles. The van der Waals surface area contributed by atoms with Crippen molar-refractivity contribution in [2.45, 2.75) is 77.7 Å². The van der Waals surface area contributed by atoms with Crippen LogP contribution in [0.25, 0.3) is 0 Å². The van der Waals surface area contributed by atoms with Crippen molar-refractivity contribution < 1.29 is 14.3 Å². The van der Waals surface area contributed by atoms with Crippen LogP contribution in [-0.2, 0) is 9.47 Å². The largest absolute Gasteiger partial charge is 0.447 e. The molecule has 1 heterocycles. The van der Waals surface area contributed by atoms with Gasteiger partial charge in [0.15, 0.2) is 0 Å². The van der Waals surface area contributed by atoms with Gasteiger partial charge in [0.05, 0.1) is 12.6 Å². The second kappa shape index (κ2) is 11.8. The van der Waals surface area contributed by atoms with Crippen LogP contribution in [0.4, 0.5) is 4.79 Å². The summed E-state index contributed by atoms with van der Waals surface area (Å²) in [5.74, 6) is 0. The number of hydrogen-bond donors (Lipinski definition) is 0. The molecule has 1 aliphatic rings. The highest BCUT2D eigenvalue weighted by atomic mass is 16.6. The van der Waals surface area contributed by atoms with Crippen LogP contribution in [0.15, 0.2) is 0 Å². The predicted octanol–water partition coefficient (Wildman–Crippen LogP) is 4.37. The maximum atomic E-state index is 11.7. The first-order chi connectivity index (χ1) is 10.3. The Morgan fingerprint density at radius 2 is 1.76 bits per heavy atom. The molecule has 1 atom stereocenters. The third kappa shape index (κ3) is 7.70. The zero-order valence-corrected chi connectivity index (χ0v) is 13.9. The van der Waals surface area contributed by atoms with Gasteiger partial charge in [-0.2, -0.15) is 0 Å². The van der Waals surface area contributed by atoms with E-state index < -0.39 is 0 Å². The summed E-state index contributed by atoms with van der Waals surface area (Å²) in [6, 6.07) is 0.262. The van der Waals surface area contributed by atoms with Crippen molar-refractivity contribution >= 4 is 6.09 Å². The van der Waals surface area contributed by atoms with E-state index in [0.29, 0.717) is 26.4 Å². The molecule has 124 valence electrons.